The number of allylic oxidation sites excluding steroid dienone is 1. The zero-order valence-electron chi connectivity index (χ0n) is 27.0. The second-order valence-corrected chi connectivity index (χ2v) is 13.7. The van der Waals surface area contributed by atoms with Crippen molar-refractivity contribution < 1.29 is 55.2 Å². The third-order valence-electron chi connectivity index (χ3n) is 11.9. The summed E-state index contributed by atoms with van der Waals surface area (Å²) in [7, 11) is 3.00. The number of fused-ring (bicyclic) bond motifs is 5. The summed E-state index contributed by atoms with van der Waals surface area (Å²) in [4.78, 5) is 25.4. The zero-order valence-corrected chi connectivity index (χ0v) is 27.0. The van der Waals surface area contributed by atoms with Crippen molar-refractivity contribution in [2.45, 2.75) is 115 Å². The summed E-state index contributed by atoms with van der Waals surface area (Å²) < 4.78 is 5.34. The first-order valence-corrected chi connectivity index (χ1v) is 15.4. The molecular weight excluding hydrogens is 560 g/mol. The molecule has 8 N–H and O–H groups in total. The van der Waals surface area contributed by atoms with Crippen LogP contribution in [0.25, 0.3) is 0 Å². The number of ether oxygens (including phenoxy) is 1. The van der Waals surface area contributed by atoms with E-state index in [1.54, 1.807) is 19.9 Å². The molecule has 1 saturated heterocycles. The van der Waals surface area contributed by atoms with Crippen LogP contribution in [-0.4, -0.2) is 110 Å². The standard InChI is InChI=1S/C29H44O8.3CH4O/c1-14-16(15(2)37-25(14)34)10-24(33)28(5,35)23-7-9-29(36)18-11-20(30)19-12-21(31)22(32)13-26(19,3)17(18)6-8-27(23,29)4;3*1-2/h11,14-17,19,21-24,31-33,35-36H,6-10,12-13H2,1-5H3;3*2H,1H3/t14-,15+,16-,17-,19-,21+,22-,23-,24+,26+,27+,28+,29+;;;/m0.../s1. The van der Waals surface area contributed by atoms with E-state index in [4.69, 9.17) is 20.1 Å². The highest BCUT2D eigenvalue weighted by Crippen LogP contribution is 2.68. The molecule has 0 aromatic rings. The van der Waals surface area contributed by atoms with Gasteiger partial charge in [-0.15, -0.1) is 0 Å². The summed E-state index contributed by atoms with van der Waals surface area (Å²) in [6.45, 7) is 9.21. The van der Waals surface area contributed by atoms with Crippen molar-refractivity contribution in [2.75, 3.05) is 21.3 Å². The maximum absolute atomic E-state index is 13.3. The maximum atomic E-state index is 13.3. The van der Waals surface area contributed by atoms with Gasteiger partial charge in [0.05, 0.1) is 35.4 Å². The van der Waals surface area contributed by atoms with Crippen LogP contribution in [0, 0.1) is 40.4 Å². The summed E-state index contributed by atoms with van der Waals surface area (Å²) in [6, 6.07) is 0. The van der Waals surface area contributed by atoms with Gasteiger partial charge in [-0.3, -0.25) is 9.59 Å². The molecule has 1 heterocycles. The molecule has 0 amide bonds. The zero-order chi connectivity index (χ0) is 33.3. The quantitative estimate of drug-likeness (QED) is 0.207. The number of carbonyl (C=O) groups excluding carboxylic acids is 2. The van der Waals surface area contributed by atoms with E-state index >= 15 is 0 Å². The number of ketones is 1. The Morgan fingerprint density at radius 3 is 2.09 bits per heavy atom. The van der Waals surface area contributed by atoms with Gasteiger partial charge in [0.1, 0.15) is 6.10 Å². The molecule has 3 saturated carbocycles. The minimum atomic E-state index is -1.52. The van der Waals surface area contributed by atoms with Crippen LogP contribution in [0.1, 0.15) is 79.6 Å². The van der Waals surface area contributed by atoms with Gasteiger partial charge < -0.3 is 45.6 Å². The highest BCUT2D eigenvalue weighted by atomic mass is 16.6. The van der Waals surface area contributed by atoms with Gasteiger partial charge in [-0.1, -0.05) is 20.8 Å². The maximum Gasteiger partial charge on any atom is 0.309 e. The van der Waals surface area contributed by atoms with E-state index in [0.717, 1.165) is 21.3 Å². The van der Waals surface area contributed by atoms with E-state index < -0.39 is 52.2 Å². The topological polar surface area (TPSA) is 205 Å². The first-order chi connectivity index (χ1) is 20.1. The molecule has 0 aromatic carbocycles. The molecule has 0 radical (unpaired) electrons. The third kappa shape index (κ3) is 5.96. The first-order valence-electron chi connectivity index (χ1n) is 15.4. The fraction of sp³-hybridized carbons (Fsp3) is 0.875. The number of hydrogen-bond acceptors (Lipinski definition) is 11. The summed E-state index contributed by atoms with van der Waals surface area (Å²) in [5.41, 5.74) is -3.47. The molecule has 250 valence electrons. The average Bonchev–Trinajstić information content (AvgIpc) is 3.40. The lowest BCUT2D eigenvalue weighted by molar-refractivity contribution is -0.178. The highest BCUT2D eigenvalue weighted by molar-refractivity contribution is 5.95. The van der Waals surface area contributed by atoms with Gasteiger partial charge >= 0.3 is 5.97 Å². The van der Waals surface area contributed by atoms with Crippen molar-refractivity contribution in [1.82, 2.24) is 0 Å². The fourth-order valence-electron chi connectivity index (χ4n) is 9.39. The Hall–Kier alpha value is -1.44. The van der Waals surface area contributed by atoms with Crippen LogP contribution in [0.3, 0.4) is 0 Å². The van der Waals surface area contributed by atoms with Gasteiger partial charge in [-0.2, -0.15) is 0 Å². The number of rotatable bonds is 4. The Kier molecular flexibility index (Phi) is 12.2. The molecule has 11 heteroatoms. The first kappa shape index (κ1) is 37.7. The molecule has 0 unspecified atom stereocenters. The van der Waals surface area contributed by atoms with Gasteiger partial charge in [0, 0.05) is 38.6 Å². The molecule has 0 bridgehead atoms. The molecule has 0 spiro atoms. The fourth-order valence-corrected chi connectivity index (χ4v) is 9.39. The lowest BCUT2D eigenvalue weighted by atomic mass is 9.45. The number of cyclic esters (lactones) is 1. The van der Waals surface area contributed by atoms with Crippen LogP contribution in [0.4, 0.5) is 0 Å². The second kappa shape index (κ2) is 13.9. The van der Waals surface area contributed by atoms with Crippen LogP contribution in [0.2, 0.25) is 0 Å². The Morgan fingerprint density at radius 1 is 0.977 bits per heavy atom. The van der Waals surface area contributed by atoms with Crippen molar-refractivity contribution in [1.29, 1.82) is 0 Å². The molecule has 11 nitrogen and oxygen atoms in total. The number of aliphatic hydroxyl groups excluding tert-OH is 6. The molecule has 13 atom stereocenters. The second-order valence-electron chi connectivity index (χ2n) is 13.7. The van der Waals surface area contributed by atoms with E-state index in [2.05, 4.69) is 0 Å². The molecule has 4 fully saturated rings. The van der Waals surface area contributed by atoms with Crippen molar-refractivity contribution in [2.24, 2.45) is 40.4 Å². The van der Waals surface area contributed by atoms with Crippen molar-refractivity contribution in [3.05, 3.63) is 11.6 Å². The van der Waals surface area contributed by atoms with Gasteiger partial charge in [-0.05, 0) is 87.7 Å². The summed E-state index contributed by atoms with van der Waals surface area (Å²) in [5, 5.41) is 77.2. The molecule has 4 aliphatic carbocycles. The Balaban J connectivity index is 0.00000101. The van der Waals surface area contributed by atoms with Crippen LogP contribution < -0.4 is 0 Å². The Bertz CT molecular complexity index is 1010. The van der Waals surface area contributed by atoms with Gasteiger partial charge in [0.15, 0.2) is 5.78 Å². The lowest BCUT2D eigenvalue weighted by Gasteiger charge is -2.60. The molecule has 5 rings (SSSR count). The summed E-state index contributed by atoms with van der Waals surface area (Å²) >= 11 is 0. The lowest BCUT2D eigenvalue weighted by Crippen LogP contribution is -2.63. The smallest absolute Gasteiger partial charge is 0.309 e. The van der Waals surface area contributed by atoms with Crippen LogP contribution in [0.15, 0.2) is 11.6 Å². The monoisotopic (exact) mass is 616 g/mol. The number of hydrogen-bond donors (Lipinski definition) is 8. The highest BCUT2D eigenvalue weighted by Gasteiger charge is 2.69. The minimum absolute atomic E-state index is 0.104. The van der Waals surface area contributed by atoms with E-state index in [1.165, 1.54) is 0 Å². The van der Waals surface area contributed by atoms with Gasteiger partial charge in [0.25, 0.3) is 0 Å². The van der Waals surface area contributed by atoms with Gasteiger partial charge in [0.2, 0.25) is 0 Å². The number of esters is 1. The Morgan fingerprint density at radius 2 is 1.56 bits per heavy atom. The van der Waals surface area contributed by atoms with E-state index in [1.807, 2.05) is 20.8 Å². The van der Waals surface area contributed by atoms with Crippen LogP contribution in [0.5, 0.6) is 0 Å². The molecule has 43 heavy (non-hydrogen) atoms. The normalized spacial score (nSPS) is 45.1. The van der Waals surface area contributed by atoms with Crippen molar-refractivity contribution >= 4 is 11.8 Å². The SMILES string of the molecule is CO.CO.CO.C[C@@H]1C(=O)O[C@H](C)[C@H]1C[C@@H](O)[C@](C)(O)[C@H]1CC[C@@]2(O)C3=CC(=O)[C@@H]4C[C@@H](O)[C@@H](O)C[C@]4(C)[C@H]3CC[C@]12C. The third-order valence-corrected chi connectivity index (χ3v) is 11.9. The van der Waals surface area contributed by atoms with Crippen molar-refractivity contribution in [3.63, 3.8) is 0 Å². The largest absolute Gasteiger partial charge is 0.462 e. The van der Waals surface area contributed by atoms with Crippen LogP contribution in [-0.2, 0) is 14.3 Å². The van der Waals surface area contributed by atoms with E-state index in [-0.39, 0.29) is 48.5 Å². The minimum Gasteiger partial charge on any atom is -0.462 e. The van der Waals surface area contributed by atoms with Crippen molar-refractivity contribution in [3.8, 4) is 0 Å². The molecule has 1 aliphatic heterocycles. The predicted octanol–water partition coefficient (Wildman–Crippen LogP) is 0.716. The van der Waals surface area contributed by atoms with E-state index in [0.29, 0.717) is 37.7 Å². The average molecular weight is 617 g/mol. The summed E-state index contributed by atoms with van der Waals surface area (Å²) in [5.74, 6) is -1.88. The van der Waals surface area contributed by atoms with E-state index in [9.17, 15) is 35.1 Å². The summed E-state index contributed by atoms with van der Waals surface area (Å²) in [6.07, 6.45) is 1.21. The molecule has 5 aliphatic rings. The molecule has 0 aromatic heterocycles. The molecular formula is C32H56O11. The number of carbonyl (C=O) groups is 2. The Labute approximate surface area is 255 Å². The van der Waals surface area contributed by atoms with Gasteiger partial charge in [-0.25, -0.2) is 0 Å². The predicted molar refractivity (Wildman–Crippen MR) is 158 cm³/mol. The number of aliphatic hydroxyl groups is 8. The van der Waals surface area contributed by atoms with Crippen LogP contribution >= 0.6 is 0 Å².